The summed E-state index contributed by atoms with van der Waals surface area (Å²) in [5.41, 5.74) is 3.49. The summed E-state index contributed by atoms with van der Waals surface area (Å²) in [6.45, 7) is 7.81. The number of anilines is 1. The highest BCUT2D eigenvalue weighted by molar-refractivity contribution is 6.31. The zero-order valence-electron chi connectivity index (χ0n) is 20.1. The molecule has 4 aromatic rings. The Morgan fingerprint density at radius 3 is 2.50 bits per heavy atom. The number of halogens is 1. The number of allylic oxidation sites excluding steroid dienone is 1. The van der Waals surface area contributed by atoms with E-state index in [1.807, 2.05) is 24.3 Å². The number of fused-ring (bicyclic) bond motifs is 2. The van der Waals surface area contributed by atoms with Crippen molar-refractivity contribution < 1.29 is 23.5 Å². The van der Waals surface area contributed by atoms with Crippen molar-refractivity contribution in [2.75, 3.05) is 18.0 Å². The lowest BCUT2D eigenvalue weighted by Crippen LogP contribution is -2.21. The van der Waals surface area contributed by atoms with Crippen molar-refractivity contribution in [1.82, 2.24) is 0 Å². The summed E-state index contributed by atoms with van der Waals surface area (Å²) >= 11 is 6.01. The zero-order chi connectivity index (χ0) is 25.4. The topological polar surface area (TPSA) is 69.0 Å². The Labute approximate surface area is 213 Å². The monoisotopic (exact) mass is 501 g/mol. The second-order valence-electron chi connectivity index (χ2n) is 8.45. The Balaban J connectivity index is 1.36. The normalized spacial score (nSPS) is 13.7. The number of Topliss-reactive ketones (excluding diaryl/α,β-unsaturated/α-hetero) is 1. The maximum absolute atomic E-state index is 13.0. The molecule has 0 saturated carbocycles. The van der Waals surface area contributed by atoms with Crippen LogP contribution in [0, 0.1) is 6.92 Å². The van der Waals surface area contributed by atoms with E-state index < -0.39 is 5.97 Å². The molecule has 7 heteroatoms. The van der Waals surface area contributed by atoms with Gasteiger partial charge >= 0.3 is 5.97 Å². The maximum Gasteiger partial charge on any atom is 0.379 e. The first-order chi connectivity index (χ1) is 17.4. The number of nitrogens with zero attached hydrogens (tertiary/aromatic N) is 1. The molecular formula is C29H24ClNO5. The van der Waals surface area contributed by atoms with E-state index in [0.717, 1.165) is 24.3 Å². The molecule has 1 aliphatic heterocycles. The van der Waals surface area contributed by atoms with Gasteiger partial charge in [0.1, 0.15) is 17.1 Å². The van der Waals surface area contributed by atoms with Crippen LogP contribution in [0.4, 0.5) is 5.69 Å². The molecule has 0 atom stereocenters. The fourth-order valence-electron chi connectivity index (χ4n) is 4.27. The Morgan fingerprint density at radius 2 is 1.78 bits per heavy atom. The molecule has 0 fully saturated rings. The van der Waals surface area contributed by atoms with Crippen molar-refractivity contribution in [2.45, 2.75) is 20.8 Å². The number of hydrogen-bond donors (Lipinski definition) is 0. The largest absolute Gasteiger partial charge is 0.452 e. The molecule has 0 radical (unpaired) electrons. The van der Waals surface area contributed by atoms with Crippen LogP contribution in [-0.2, 0) is 0 Å². The average Bonchev–Trinajstić information content (AvgIpc) is 3.44. The van der Waals surface area contributed by atoms with Crippen LogP contribution in [0.15, 0.2) is 70.8 Å². The molecule has 36 heavy (non-hydrogen) atoms. The molecule has 1 aromatic heterocycles. The summed E-state index contributed by atoms with van der Waals surface area (Å²) in [5.74, 6) is 0.0773. The van der Waals surface area contributed by atoms with Gasteiger partial charge in [0.15, 0.2) is 5.76 Å². The molecule has 0 N–H and O–H groups in total. The van der Waals surface area contributed by atoms with Crippen LogP contribution in [0.5, 0.6) is 11.5 Å². The standard InChI is InChI=1S/C29H24ClNO5/c1-4-31(5-2)21-9-6-18(7-10-21)14-25-27(32)22-11-13-23(17(3)28(22)35-25)36-29(33)26-16-19-15-20(30)8-12-24(19)34-26/h6-16H,4-5H2,1-3H3/b25-14-. The zero-order valence-corrected chi connectivity index (χ0v) is 20.9. The minimum absolute atomic E-state index is 0.0536. The van der Waals surface area contributed by atoms with Gasteiger partial charge in [-0.3, -0.25) is 4.79 Å². The molecule has 6 nitrogen and oxygen atoms in total. The van der Waals surface area contributed by atoms with E-state index in [1.54, 1.807) is 49.4 Å². The first-order valence-corrected chi connectivity index (χ1v) is 12.1. The smallest absolute Gasteiger partial charge is 0.379 e. The van der Waals surface area contributed by atoms with Gasteiger partial charge < -0.3 is 18.8 Å². The van der Waals surface area contributed by atoms with Crippen LogP contribution in [-0.4, -0.2) is 24.8 Å². The summed E-state index contributed by atoms with van der Waals surface area (Å²) in [5, 5.41) is 1.25. The van der Waals surface area contributed by atoms with E-state index in [9.17, 15) is 9.59 Å². The van der Waals surface area contributed by atoms with Crippen molar-refractivity contribution in [1.29, 1.82) is 0 Å². The van der Waals surface area contributed by atoms with Gasteiger partial charge in [0.05, 0.1) is 5.56 Å². The lowest BCUT2D eigenvalue weighted by molar-refractivity contribution is 0.0702. The summed E-state index contributed by atoms with van der Waals surface area (Å²) < 4.78 is 17.1. The van der Waals surface area contributed by atoms with Crippen LogP contribution < -0.4 is 14.4 Å². The quantitative estimate of drug-likeness (QED) is 0.160. The number of furan rings is 1. The highest BCUT2D eigenvalue weighted by atomic mass is 35.5. The second kappa shape index (κ2) is 9.55. The molecular weight excluding hydrogens is 478 g/mol. The van der Waals surface area contributed by atoms with Crippen LogP contribution >= 0.6 is 11.6 Å². The number of rotatable bonds is 6. The van der Waals surface area contributed by atoms with Gasteiger partial charge in [-0.2, -0.15) is 0 Å². The van der Waals surface area contributed by atoms with E-state index >= 15 is 0 Å². The Bertz CT molecular complexity index is 1510. The summed E-state index contributed by atoms with van der Waals surface area (Å²) in [6.07, 6.45) is 1.72. The summed E-state index contributed by atoms with van der Waals surface area (Å²) in [4.78, 5) is 28.0. The lowest BCUT2D eigenvalue weighted by atomic mass is 10.1. The van der Waals surface area contributed by atoms with Crippen molar-refractivity contribution in [2.24, 2.45) is 0 Å². The van der Waals surface area contributed by atoms with Crippen molar-refractivity contribution in [3.8, 4) is 11.5 Å². The minimum atomic E-state index is -0.654. The number of ether oxygens (including phenoxy) is 2. The molecule has 0 amide bonds. The fourth-order valence-corrected chi connectivity index (χ4v) is 4.45. The van der Waals surface area contributed by atoms with Crippen LogP contribution in [0.25, 0.3) is 17.0 Å². The molecule has 182 valence electrons. The lowest BCUT2D eigenvalue weighted by Gasteiger charge is -2.20. The molecule has 0 saturated heterocycles. The van der Waals surface area contributed by atoms with Crippen LogP contribution in [0.3, 0.4) is 0 Å². The van der Waals surface area contributed by atoms with Gasteiger partial charge in [-0.05, 0) is 80.9 Å². The SMILES string of the molecule is CCN(CC)c1ccc(/C=C2\Oc3c(ccc(OC(=O)c4cc5cc(Cl)ccc5o4)c3C)C2=O)cc1. The molecule has 0 bridgehead atoms. The van der Waals surface area contributed by atoms with E-state index in [0.29, 0.717) is 32.9 Å². The van der Waals surface area contributed by atoms with E-state index in [2.05, 4.69) is 18.7 Å². The van der Waals surface area contributed by atoms with E-state index in [4.69, 9.17) is 25.5 Å². The highest BCUT2D eigenvalue weighted by Gasteiger charge is 2.31. The summed E-state index contributed by atoms with van der Waals surface area (Å²) in [7, 11) is 0. The molecule has 0 aliphatic carbocycles. The number of carbonyl (C=O) groups excluding carboxylic acids is 2. The third-order valence-electron chi connectivity index (χ3n) is 6.24. The third kappa shape index (κ3) is 4.36. The molecule has 2 heterocycles. The molecule has 5 rings (SSSR count). The molecule has 1 aliphatic rings. The highest BCUT2D eigenvalue weighted by Crippen LogP contribution is 2.39. The predicted molar refractivity (Wildman–Crippen MR) is 140 cm³/mol. The predicted octanol–water partition coefficient (Wildman–Crippen LogP) is 7.08. The van der Waals surface area contributed by atoms with Crippen molar-refractivity contribution >= 4 is 46.1 Å². The van der Waals surface area contributed by atoms with Crippen LogP contribution in [0.1, 0.15) is 45.9 Å². The Morgan fingerprint density at radius 1 is 1.03 bits per heavy atom. The van der Waals surface area contributed by atoms with E-state index in [1.165, 1.54) is 0 Å². The van der Waals surface area contributed by atoms with Crippen molar-refractivity contribution in [3.05, 3.63) is 93.9 Å². The van der Waals surface area contributed by atoms with Gasteiger partial charge in [-0.25, -0.2) is 4.79 Å². The number of hydrogen-bond acceptors (Lipinski definition) is 6. The number of carbonyl (C=O) groups is 2. The molecule has 0 unspecified atom stereocenters. The first kappa shape index (κ1) is 23.7. The Hall–Kier alpha value is -4.03. The third-order valence-corrected chi connectivity index (χ3v) is 6.47. The van der Waals surface area contributed by atoms with Gasteiger partial charge in [0, 0.05) is 34.7 Å². The molecule has 3 aromatic carbocycles. The second-order valence-corrected chi connectivity index (χ2v) is 8.89. The van der Waals surface area contributed by atoms with Crippen molar-refractivity contribution in [3.63, 3.8) is 0 Å². The van der Waals surface area contributed by atoms with Gasteiger partial charge in [0.2, 0.25) is 11.5 Å². The first-order valence-electron chi connectivity index (χ1n) is 11.7. The fraction of sp³-hybridized carbons (Fsp3) is 0.172. The van der Waals surface area contributed by atoms with Crippen LogP contribution in [0.2, 0.25) is 5.02 Å². The average molecular weight is 502 g/mol. The van der Waals surface area contributed by atoms with Gasteiger partial charge in [-0.15, -0.1) is 0 Å². The number of ketones is 1. The minimum Gasteiger partial charge on any atom is -0.452 e. The van der Waals surface area contributed by atoms with Gasteiger partial charge in [0.25, 0.3) is 0 Å². The Kier molecular flexibility index (Phi) is 6.29. The number of esters is 1. The molecule has 0 spiro atoms. The maximum atomic E-state index is 13.0. The summed E-state index contributed by atoms with van der Waals surface area (Å²) in [6, 6.07) is 17.8. The number of benzene rings is 3. The van der Waals surface area contributed by atoms with E-state index in [-0.39, 0.29) is 23.1 Å². The van der Waals surface area contributed by atoms with Gasteiger partial charge in [-0.1, -0.05) is 23.7 Å².